The number of nitrogens with zero attached hydrogens (tertiary/aromatic N) is 1. The van der Waals surface area contributed by atoms with Gasteiger partial charge in [0.15, 0.2) is 0 Å². The molecular weight excluding hydrogens is 224 g/mol. The van der Waals surface area contributed by atoms with Gasteiger partial charge in [-0.15, -0.1) is 0 Å². The summed E-state index contributed by atoms with van der Waals surface area (Å²) in [5.41, 5.74) is -0.706. The van der Waals surface area contributed by atoms with Gasteiger partial charge in [-0.05, 0) is 26.0 Å². The van der Waals surface area contributed by atoms with Crippen molar-refractivity contribution < 1.29 is 8.42 Å². The van der Waals surface area contributed by atoms with Crippen molar-refractivity contribution in [1.29, 1.82) is 5.26 Å². The van der Waals surface area contributed by atoms with Crippen LogP contribution >= 0.6 is 0 Å². The van der Waals surface area contributed by atoms with Crippen LogP contribution in [0.3, 0.4) is 0 Å². The van der Waals surface area contributed by atoms with Gasteiger partial charge in [-0.25, -0.2) is 13.1 Å². The quantitative estimate of drug-likeness (QED) is 0.864. The van der Waals surface area contributed by atoms with Gasteiger partial charge in [0.25, 0.3) is 0 Å². The number of hydrogen-bond donors (Lipinski definition) is 1. The summed E-state index contributed by atoms with van der Waals surface area (Å²) in [5.74, 6) is 0. The highest BCUT2D eigenvalue weighted by Gasteiger charge is 2.21. The zero-order chi connectivity index (χ0) is 12.2. The first kappa shape index (κ1) is 12.7. The van der Waals surface area contributed by atoms with Crippen molar-refractivity contribution in [3.05, 3.63) is 30.3 Å². The number of benzene rings is 1. The fourth-order valence-corrected chi connectivity index (χ4v) is 2.23. The lowest BCUT2D eigenvalue weighted by Crippen LogP contribution is -2.33. The minimum Gasteiger partial charge on any atom is -0.210 e. The van der Waals surface area contributed by atoms with Crippen LogP contribution in [-0.4, -0.2) is 15.0 Å². The van der Waals surface area contributed by atoms with Crippen LogP contribution < -0.4 is 4.72 Å². The lowest BCUT2D eigenvalue weighted by Gasteiger charge is -2.15. The molecule has 0 spiro atoms. The van der Waals surface area contributed by atoms with E-state index >= 15 is 0 Å². The van der Waals surface area contributed by atoms with E-state index in [2.05, 4.69) is 4.72 Å². The summed E-state index contributed by atoms with van der Waals surface area (Å²) in [7, 11) is -3.50. The van der Waals surface area contributed by atoms with E-state index in [-0.39, 0.29) is 11.4 Å². The maximum Gasteiger partial charge on any atom is 0.240 e. The molecule has 0 bridgehead atoms. The summed E-state index contributed by atoms with van der Waals surface area (Å²) in [5, 5.41) is 8.78. The molecule has 0 amide bonds. The van der Waals surface area contributed by atoms with Crippen LogP contribution in [0.5, 0.6) is 0 Å². The number of nitrogens with one attached hydrogen (secondary N) is 1. The Balaban J connectivity index is 2.80. The van der Waals surface area contributed by atoms with Gasteiger partial charge in [0.05, 0.1) is 16.4 Å². The second-order valence-electron chi connectivity index (χ2n) is 4.13. The molecular formula is C11H14N2O2S. The predicted molar refractivity (Wildman–Crippen MR) is 61.0 cm³/mol. The van der Waals surface area contributed by atoms with Crippen molar-refractivity contribution in [1.82, 2.24) is 4.72 Å². The van der Waals surface area contributed by atoms with E-state index in [0.29, 0.717) is 0 Å². The van der Waals surface area contributed by atoms with E-state index in [4.69, 9.17) is 5.26 Å². The van der Waals surface area contributed by atoms with Gasteiger partial charge >= 0.3 is 0 Å². The molecule has 1 aromatic carbocycles. The molecule has 1 N–H and O–H groups in total. The Labute approximate surface area is 96.0 Å². The Kier molecular flexibility index (Phi) is 3.68. The molecule has 0 atom stereocenters. The SMILES string of the molecule is CC(C)(C#N)CNS(=O)(=O)c1ccccc1. The zero-order valence-electron chi connectivity index (χ0n) is 9.27. The molecule has 0 saturated carbocycles. The molecule has 0 heterocycles. The van der Waals surface area contributed by atoms with Gasteiger partial charge in [0.1, 0.15) is 0 Å². The van der Waals surface area contributed by atoms with Crippen molar-refractivity contribution in [3.8, 4) is 6.07 Å². The van der Waals surface area contributed by atoms with Gasteiger partial charge < -0.3 is 0 Å². The van der Waals surface area contributed by atoms with Gasteiger partial charge in [0.2, 0.25) is 10.0 Å². The van der Waals surface area contributed by atoms with Gasteiger partial charge in [-0.3, -0.25) is 0 Å². The second kappa shape index (κ2) is 4.64. The summed E-state index contributed by atoms with van der Waals surface area (Å²) in [6, 6.07) is 10.1. The Morgan fingerprint density at radius 3 is 2.38 bits per heavy atom. The molecule has 16 heavy (non-hydrogen) atoms. The summed E-state index contributed by atoms with van der Waals surface area (Å²) in [4.78, 5) is 0.212. The Hall–Kier alpha value is -1.38. The standard InChI is InChI=1S/C11H14N2O2S/c1-11(2,8-12)9-13-16(14,15)10-6-4-3-5-7-10/h3-7,13H,9H2,1-2H3. The van der Waals surface area contributed by atoms with Gasteiger partial charge in [-0.2, -0.15) is 5.26 Å². The van der Waals surface area contributed by atoms with Crippen molar-refractivity contribution in [2.24, 2.45) is 5.41 Å². The first-order valence-corrected chi connectivity index (χ1v) is 6.32. The molecule has 0 aliphatic carbocycles. The predicted octanol–water partition coefficient (Wildman–Crippen LogP) is 1.51. The van der Waals surface area contributed by atoms with E-state index in [9.17, 15) is 8.42 Å². The third-order valence-electron chi connectivity index (χ3n) is 2.06. The minimum atomic E-state index is -3.50. The fourth-order valence-electron chi connectivity index (χ4n) is 0.998. The summed E-state index contributed by atoms with van der Waals surface area (Å²) in [6.45, 7) is 3.46. The van der Waals surface area contributed by atoms with Crippen LogP contribution in [-0.2, 0) is 10.0 Å². The summed E-state index contributed by atoms with van der Waals surface area (Å²) < 4.78 is 26.0. The first-order valence-electron chi connectivity index (χ1n) is 4.83. The number of sulfonamides is 1. The van der Waals surface area contributed by atoms with Crippen LogP contribution in [0.15, 0.2) is 35.2 Å². The van der Waals surface area contributed by atoms with Crippen molar-refractivity contribution in [2.45, 2.75) is 18.7 Å². The highest BCUT2D eigenvalue weighted by molar-refractivity contribution is 7.89. The van der Waals surface area contributed by atoms with Crippen molar-refractivity contribution in [2.75, 3.05) is 6.54 Å². The first-order chi connectivity index (χ1) is 7.37. The molecule has 4 nitrogen and oxygen atoms in total. The number of nitriles is 1. The van der Waals surface area contributed by atoms with Crippen molar-refractivity contribution in [3.63, 3.8) is 0 Å². The molecule has 86 valence electrons. The maximum absolute atomic E-state index is 11.8. The minimum absolute atomic E-state index is 0.0979. The van der Waals surface area contributed by atoms with E-state index in [1.807, 2.05) is 6.07 Å². The van der Waals surface area contributed by atoms with Crippen LogP contribution in [0, 0.1) is 16.7 Å². The van der Waals surface area contributed by atoms with E-state index < -0.39 is 15.4 Å². The van der Waals surface area contributed by atoms with Crippen LogP contribution in [0.2, 0.25) is 0 Å². The van der Waals surface area contributed by atoms with Gasteiger partial charge in [-0.1, -0.05) is 18.2 Å². The normalized spacial score (nSPS) is 12.1. The number of hydrogen-bond acceptors (Lipinski definition) is 3. The highest BCUT2D eigenvalue weighted by atomic mass is 32.2. The lowest BCUT2D eigenvalue weighted by atomic mass is 9.97. The van der Waals surface area contributed by atoms with Crippen molar-refractivity contribution >= 4 is 10.0 Å². The molecule has 1 rings (SSSR count). The molecule has 0 fully saturated rings. The van der Waals surface area contributed by atoms with Crippen LogP contribution in [0.4, 0.5) is 0 Å². The smallest absolute Gasteiger partial charge is 0.210 e. The summed E-state index contributed by atoms with van der Waals surface area (Å²) >= 11 is 0. The fraction of sp³-hybridized carbons (Fsp3) is 0.364. The Morgan fingerprint density at radius 1 is 1.31 bits per heavy atom. The third-order valence-corrected chi connectivity index (χ3v) is 3.48. The van der Waals surface area contributed by atoms with E-state index in [1.54, 1.807) is 32.0 Å². The monoisotopic (exact) mass is 238 g/mol. The van der Waals surface area contributed by atoms with E-state index in [1.165, 1.54) is 12.1 Å². The second-order valence-corrected chi connectivity index (χ2v) is 5.90. The molecule has 0 saturated heterocycles. The largest absolute Gasteiger partial charge is 0.240 e. The lowest BCUT2D eigenvalue weighted by molar-refractivity contribution is 0.479. The Morgan fingerprint density at radius 2 is 1.88 bits per heavy atom. The highest BCUT2D eigenvalue weighted by Crippen LogP contribution is 2.13. The van der Waals surface area contributed by atoms with E-state index in [0.717, 1.165) is 0 Å². The molecule has 1 aromatic rings. The van der Waals surface area contributed by atoms with Crippen LogP contribution in [0.1, 0.15) is 13.8 Å². The molecule has 0 aliphatic heterocycles. The average molecular weight is 238 g/mol. The molecule has 0 aliphatic rings. The zero-order valence-corrected chi connectivity index (χ0v) is 10.1. The topological polar surface area (TPSA) is 70.0 Å². The molecule has 0 unspecified atom stereocenters. The third kappa shape index (κ3) is 3.33. The number of rotatable bonds is 4. The van der Waals surface area contributed by atoms with Gasteiger partial charge in [0, 0.05) is 6.54 Å². The summed E-state index contributed by atoms with van der Waals surface area (Å²) in [6.07, 6.45) is 0. The molecule has 0 aromatic heterocycles. The molecule has 5 heteroatoms. The average Bonchev–Trinajstić information content (AvgIpc) is 2.28. The van der Waals surface area contributed by atoms with Crippen LogP contribution in [0.25, 0.3) is 0 Å². The Bertz CT molecular complexity index is 486. The molecule has 0 radical (unpaired) electrons. The maximum atomic E-state index is 11.8.